The summed E-state index contributed by atoms with van der Waals surface area (Å²) in [5, 5.41) is 2.87. The Kier molecular flexibility index (Phi) is 5.26. The number of nitrogens with one attached hydrogen (secondary N) is 1. The minimum atomic E-state index is -4.78. The zero-order valence-corrected chi connectivity index (χ0v) is 15.9. The third kappa shape index (κ3) is 3.91. The van der Waals surface area contributed by atoms with Gasteiger partial charge in [0, 0.05) is 12.1 Å². The summed E-state index contributed by atoms with van der Waals surface area (Å²) in [6, 6.07) is 16.9. The summed E-state index contributed by atoms with van der Waals surface area (Å²) < 4.78 is 44.1. The molecular weight excluding hydrogens is 395 g/mol. The predicted molar refractivity (Wildman–Crippen MR) is 107 cm³/mol. The van der Waals surface area contributed by atoms with Crippen LogP contribution in [0.5, 0.6) is 5.75 Å². The molecule has 156 valence electrons. The Morgan fingerprint density at radius 3 is 2.50 bits per heavy atom. The summed E-state index contributed by atoms with van der Waals surface area (Å²) in [5.74, 6) is -0.541. The maximum absolute atomic E-state index is 12.7. The van der Waals surface area contributed by atoms with Gasteiger partial charge in [-0.3, -0.25) is 4.79 Å². The molecule has 5 nitrogen and oxygen atoms in total. The number of aromatic nitrogens is 1. The lowest BCUT2D eigenvalue weighted by Gasteiger charge is -2.28. The summed E-state index contributed by atoms with van der Waals surface area (Å²) >= 11 is 0. The molecule has 0 spiro atoms. The van der Waals surface area contributed by atoms with Gasteiger partial charge in [-0.2, -0.15) is 0 Å². The van der Waals surface area contributed by atoms with Crippen molar-refractivity contribution < 1.29 is 22.7 Å². The van der Waals surface area contributed by atoms with Gasteiger partial charge in [0.15, 0.2) is 0 Å². The highest BCUT2D eigenvalue weighted by Gasteiger charge is 2.32. The summed E-state index contributed by atoms with van der Waals surface area (Å²) in [4.78, 5) is 12.6. The average molecular weight is 415 g/mol. The van der Waals surface area contributed by atoms with E-state index in [2.05, 4.69) is 10.1 Å². The first-order valence-corrected chi connectivity index (χ1v) is 9.52. The van der Waals surface area contributed by atoms with Crippen LogP contribution >= 0.6 is 0 Å². The van der Waals surface area contributed by atoms with Gasteiger partial charge in [-0.25, -0.2) is 0 Å². The largest absolute Gasteiger partial charge is 0.573 e. The monoisotopic (exact) mass is 415 g/mol. The third-order valence-electron chi connectivity index (χ3n) is 5.06. The van der Waals surface area contributed by atoms with Gasteiger partial charge in [0.25, 0.3) is 5.91 Å². The van der Waals surface area contributed by atoms with E-state index in [1.54, 1.807) is 12.1 Å². The first-order chi connectivity index (χ1) is 14.4. The number of nitrogens with two attached hydrogens (primary N) is 1. The number of alkyl halides is 3. The maximum atomic E-state index is 12.7. The number of rotatable bonds is 5. The van der Waals surface area contributed by atoms with Crippen LogP contribution in [0, 0.1) is 0 Å². The highest BCUT2D eigenvalue weighted by molar-refractivity contribution is 5.98. The molecular formula is C22H20F3N3O2. The van der Waals surface area contributed by atoms with Gasteiger partial charge >= 0.3 is 6.36 Å². The van der Waals surface area contributed by atoms with Gasteiger partial charge in [-0.05, 0) is 42.3 Å². The lowest BCUT2D eigenvalue weighted by molar-refractivity contribution is -0.274. The molecule has 1 amide bonds. The Bertz CT molecular complexity index is 1060. The molecule has 30 heavy (non-hydrogen) atoms. The van der Waals surface area contributed by atoms with Gasteiger partial charge in [0.2, 0.25) is 0 Å². The molecule has 2 aromatic carbocycles. The molecule has 0 unspecified atom stereocenters. The third-order valence-corrected chi connectivity index (χ3v) is 5.06. The van der Waals surface area contributed by atoms with Crippen LogP contribution < -0.4 is 15.8 Å². The van der Waals surface area contributed by atoms with Gasteiger partial charge in [0.05, 0.1) is 11.7 Å². The van der Waals surface area contributed by atoms with Crippen molar-refractivity contribution in [1.29, 1.82) is 0 Å². The van der Waals surface area contributed by atoms with Crippen LogP contribution in [-0.4, -0.2) is 29.9 Å². The Balaban J connectivity index is 1.92. The van der Waals surface area contributed by atoms with E-state index in [-0.39, 0.29) is 17.7 Å². The van der Waals surface area contributed by atoms with Crippen molar-refractivity contribution in [3.8, 4) is 28.1 Å². The number of hydrogen-bond donors (Lipinski definition) is 2. The van der Waals surface area contributed by atoms with E-state index in [0.717, 1.165) is 11.3 Å². The zero-order chi connectivity index (χ0) is 21.3. The number of fused-ring (bicyclic) bond motifs is 1. The van der Waals surface area contributed by atoms with Crippen molar-refractivity contribution in [2.45, 2.75) is 18.8 Å². The normalized spacial score (nSPS) is 16.1. The molecule has 3 N–H and O–H groups in total. The first-order valence-electron chi connectivity index (χ1n) is 9.52. The van der Waals surface area contributed by atoms with Crippen LogP contribution in [0.25, 0.3) is 22.4 Å². The van der Waals surface area contributed by atoms with Crippen LogP contribution in [-0.2, 0) is 0 Å². The van der Waals surface area contributed by atoms with Gasteiger partial charge in [-0.15, -0.1) is 13.2 Å². The molecule has 4 rings (SSSR count). The average Bonchev–Trinajstić information content (AvgIpc) is 3.12. The van der Waals surface area contributed by atoms with Crippen molar-refractivity contribution in [2.75, 3.05) is 13.1 Å². The summed E-state index contributed by atoms with van der Waals surface area (Å²) in [6.45, 7) is 0.880. The van der Waals surface area contributed by atoms with Crippen LogP contribution in [0.3, 0.4) is 0 Å². The first kappa shape index (κ1) is 20.0. The fourth-order valence-corrected chi connectivity index (χ4v) is 3.87. The van der Waals surface area contributed by atoms with Gasteiger partial charge < -0.3 is 20.4 Å². The quantitative estimate of drug-likeness (QED) is 0.651. The SMILES string of the molecule is NCC[C@H]1CNC(=O)c2cc(-c3cccc(OC(F)(F)F)c3)c(-c3ccccc3)n21. The van der Waals surface area contributed by atoms with E-state index in [9.17, 15) is 18.0 Å². The molecule has 0 aliphatic carbocycles. The highest BCUT2D eigenvalue weighted by atomic mass is 19.4. The van der Waals surface area contributed by atoms with Crippen LogP contribution in [0.1, 0.15) is 23.0 Å². The molecule has 0 saturated carbocycles. The smallest absolute Gasteiger partial charge is 0.406 e. The fourth-order valence-electron chi connectivity index (χ4n) is 3.87. The number of carbonyl (C=O) groups excluding carboxylic acids is 1. The molecule has 1 aromatic heterocycles. The molecule has 2 heterocycles. The number of hydrogen-bond acceptors (Lipinski definition) is 3. The van der Waals surface area contributed by atoms with E-state index < -0.39 is 6.36 Å². The molecule has 1 aliphatic heterocycles. The minimum Gasteiger partial charge on any atom is -0.406 e. The fraction of sp³-hybridized carbons (Fsp3) is 0.227. The second-order valence-corrected chi connectivity index (χ2v) is 7.04. The second-order valence-electron chi connectivity index (χ2n) is 7.04. The van der Waals surface area contributed by atoms with Gasteiger partial charge in [-0.1, -0.05) is 42.5 Å². The van der Waals surface area contributed by atoms with Crippen molar-refractivity contribution in [3.05, 3.63) is 66.4 Å². The summed E-state index contributed by atoms with van der Waals surface area (Å²) in [5.41, 5.74) is 9.05. The number of benzene rings is 2. The van der Waals surface area contributed by atoms with E-state index >= 15 is 0 Å². The Morgan fingerprint density at radius 2 is 1.80 bits per heavy atom. The number of halogens is 3. The second kappa shape index (κ2) is 7.87. The minimum absolute atomic E-state index is 0.0544. The highest BCUT2D eigenvalue weighted by Crippen LogP contribution is 2.40. The van der Waals surface area contributed by atoms with Crippen molar-refractivity contribution in [2.24, 2.45) is 5.73 Å². The van der Waals surface area contributed by atoms with Crippen LogP contribution in [0.15, 0.2) is 60.7 Å². The summed E-state index contributed by atoms with van der Waals surface area (Å²) in [6.07, 6.45) is -4.13. The molecule has 1 atom stereocenters. The number of nitrogens with zero attached hydrogens (tertiary/aromatic N) is 1. The number of amides is 1. The lowest BCUT2D eigenvalue weighted by Crippen LogP contribution is -2.39. The zero-order valence-electron chi connectivity index (χ0n) is 15.9. The molecule has 0 saturated heterocycles. The van der Waals surface area contributed by atoms with Gasteiger partial charge in [0.1, 0.15) is 11.4 Å². The Morgan fingerprint density at radius 1 is 1.07 bits per heavy atom. The Hall–Kier alpha value is -3.26. The summed E-state index contributed by atoms with van der Waals surface area (Å²) in [7, 11) is 0. The topological polar surface area (TPSA) is 69.3 Å². The molecule has 8 heteroatoms. The van der Waals surface area contributed by atoms with E-state index in [1.807, 2.05) is 34.9 Å². The molecule has 0 radical (unpaired) electrons. The molecule has 1 aliphatic rings. The van der Waals surface area contributed by atoms with E-state index in [0.29, 0.717) is 36.3 Å². The van der Waals surface area contributed by atoms with Crippen molar-refractivity contribution in [1.82, 2.24) is 9.88 Å². The predicted octanol–water partition coefficient (Wildman–Crippen LogP) is 4.35. The van der Waals surface area contributed by atoms with E-state index in [1.165, 1.54) is 18.2 Å². The maximum Gasteiger partial charge on any atom is 0.573 e. The molecule has 0 fully saturated rings. The van der Waals surface area contributed by atoms with Crippen LogP contribution in [0.2, 0.25) is 0 Å². The number of carbonyl (C=O) groups is 1. The van der Waals surface area contributed by atoms with E-state index in [4.69, 9.17) is 5.73 Å². The van der Waals surface area contributed by atoms with Crippen LogP contribution in [0.4, 0.5) is 13.2 Å². The standard InChI is InChI=1S/C22H20F3N3O2/c23-22(24,25)30-17-8-4-7-15(11-17)18-12-19-21(29)27-13-16(9-10-26)28(19)20(18)14-5-2-1-3-6-14/h1-8,11-12,16H,9-10,13,26H2,(H,27,29)/t16-/m0/s1. The Labute approximate surface area is 171 Å². The molecule has 0 bridgehead atoms. The van der Waals surface area contributed by atoms with Crippen molar-refractivity contribution in [3.63, 3.8) is 0 Å². The molecule has 3 aromatic rings. The lowest BCUT2D eigenvalue weighted by atomic mass is 10.0. The van der Waals surface area contributed by atoms with Crippen molar-refractivity contribution >= 4 is 5.91 Å². The number of ether oxygens (including phenoxy) is 1.